The molecule has 0 unspecified atom stereocenters. The van der Waals surface area contributed by atoms with Crippen molar-refractivity contribution < 1.29 is 10.0 Å². The summed E-state index contributed by atoms with van der Waals surface area (Å²) in [6.07, 6.45) is 1.65. The lowest BCUT2D eigenvalue weighted by molar-refractivity contribution is -0.384. The maximum atomic E-state index is 10.9. The van der Waals surface area contributed by atoms with Crippen LogP contribution in [0.3, 0.4) is 0 Å². The van der Waals surface area contributed by atoms with Gasteiger partial charge in [0.15, 0.2) is 0 Å². The van der Waals surface area contributed by atoms with Crippen LogP contribution in [0, 0.1) is 15.5 Å². The minimum absolute atomic E-state index is 0.0210. The zero-order valence-corrected chi connectivity index (χ0v) is 12.3. The SMILES string of the molecule is CNc1cc(NCC(C)(C)CCCO)cc([N+](=O)[O-])c1. The van der Waals surface area contributed by atoms with Crippen LogP contribution in [-0.4, -0.2) is 30.2 Å². The molecular weight excluding hydrogens is 258 g/mol. The molecule has 0 fully saturated rings. The summed E-state index contributed by atoms with van der Waals surface area (Å²) in [6.45, 7) is 5.08. The van der Waals surface area contributed by atoms with Gasteiger partial charge in [0, 0.05) is 43.7 Å². The van der Waals surface area contributed by atoms with E-state index in [4.69, 9.17) is 5.11 Å². The van der Waals surface area contributed by atoms with E-state index in [-0.39, 0.29) is 17.7 Å². The fourth-order valence-electron chi connectivity index (χ4n) is 1.95. The van der Waals surface area contributed by atoms with Gasteiger partial charge >= 0.3 is 0 Å². The Bertz CT molecular complexity index is 461. The first-order valence-electron chi connectivity index (χ1n) is 6.70. The monoisotopic (exact) mass is 281 g/mol. The molecule has 1 rings (SSSR count). The van der Waals surface area contributed by atoms with Crippen molar-refractivity contribution >= 4 is 17.1 Å². The first kappa shape index (κ1) is 16.2. The van der Waals surface area contributed by atoms with Gasteiger partial charge in [-0.3, -0.25) is 10.1 Å². The molecule has 6 heteroatoms. The van der Waals surface area contributed by atoms with Crippen molar-refractivity contribution in [1.29, 1.82) is 0 Å². The second-order valence-electron chi connectivity index (χ2n) is 5.62. The lowest BCUT2D eigenvalue weighted by Gasteiger charge is -2.25. The molecule has 0 amide bonds. The molecular formula is C14H23N3O3. The zero-order valence-electron chi connectivity index (χ0n) is 12.3. The maximum Gasteiger partial charge on any atom is 0.273 e. The van der Waals surface area contributed by atoms with Gasteiger partial charge in [0.2, 0.25) is 0 Å². The van der Waals surface area contributed by atoms with Crippen molar-refractivity contribution in [2.24, 2.45) is 5.41 Å². The summed E-state index contributed by atoms with van der Waals surface area (Å²) in [5.41, 5.74) is 1.51. The average Bonchev–Trinajstić information content (AvgIpc) is 2.42. The highest BCUT2D eigenvalue weighted by atomic mass is 16.6. The van der Waals surface area contributed by atoms with Gasteiger partial charge in [0.1, 0.15) is 0 Å². The average molecular weight is 281 g/mol. The fourth-order valence-corrected chi connectivity index (χ4v) is 1.95. The highest BCUT2D eigenvalue weighted by molar-refractivity contribution is 5.63. The van der Waals surface area contributed by atoms with Crippen LogP contribution in [0.2, 0.25) is 0 Å². The third-order valence-electron chi connectivity index (χ3n) is 3.20. The second-order valence-corrected chi connectivity index (χ2v) is 5.62. The van der Waals surface area contributed by atoms with Crippen LogP contribution in [0.5, 0.6) is 0 Å². The largest absolute Gasteiger partial charge is 0.396 e. The Labute approximate surface area is 119 Å². The molecule has 0 aromatic heterocycles. The topological polar surface area (TPSA) is 87.4 Å². The quantitative estimate of drug-likeness (QED) is 0.504. The second kappa shape index (κ2) is 7.09. The van der Waals surface area contributed by atoms with E-state index < -0.39 is 4.92 Å². The summed E-state index contributed by atoms with van der Waals surface area (Å²) < 4.78 is 0. The molecule has 6 nitrogen and oxygen atoms in total. The number of nitrogens with one attached hydrogen (secondary N) is 2. The van der Waals surface area contributed by atoms with Crippen LogP contribution >= 0.6 is 0 Å². The number of non-ortho nitro benzene ring substituents is 1. The van der Waals surface area contributed by atoms with Gasteiger partial charge in [-0.1, -0.05) is 13.8 Å². The minimum Gasteiger partial charge on any atom is -0.396 e. The summed E-state index contributed by atoms with van der Waals surface area (Å²) in [5.74, 6) is 0. The van der Waals surface area contributed by atoms with Gasteiger partial charge in [-0.2, -0.15) is 0 Å². The number of rotatable bonds is 8. The van der Waals surface area contributed by atoms with Crippen LogP contribution < -0.4 is 10.6 Å². The Kier molecular flexibility index (Phi) is 5.76. The van der Waals surface area contributed by atoms with Gasteiger partial charge < -0.3 is 15.7 Å². The van der Waals surface area contributed by atoms with Crippen LogP contribution in [0.25, 0.3) is 0 Å². The lowest BCUT2D eigenvalue weighted by atomic mass is 9.88. The van der Waals surface area contributed by atoms with Crippen molar-refractivity contribution in [2.75, 3.05) is 30.8 Å². The van der Waals surface area contributed by atoms with Gasteiger partial charge in [0.05, 0.1) is 4.92 Å². The van der Waals surface area contributed by atoms with Gasteiger partial charge in [-0.05, 0) is 24.3 Å². The van der Waals surface area contributed by atoms with Crippen molar-refractivity contribution in [2.45, 2.75) is 26.7 Å². The molecule has 0 bridgehead atoms. The zero-order chi connectivity index (χ0) is 15.2. The molecule has 0 radical (unpaired) electrons. The standard InChI is InChI=1S/C14H23N3O3/c1-14(2,5-4-6-18)10-16-12-7-11(15-3)8-13(9-12)17(19)20/h7-9,15-16,18H,4-6,10H2,1-3H3. The number of hydrogen-bond donors (Lipinski definition) is 3. The maximum absolute atomic E-state index is 10.9. The van der Waals surface area contributed by atoms with Gasteiger partial charge in [-0.25, -0.2) is 0 Å². The van der Waals surface area contributed by atoms with E-state index in [1.54, 1.807) is 7.05 Å². The van der Waals surface area contributed by atoms with Crippen molar-refractivity contribution in [3.63, 3.8) is 0 Å². The molecule has 0 aliphatic carbocycles. The molecule has 0 aliphatic rings. The lowest BCUT2D eigenvalue weighted by Crippen LogP contribution is -2.23. The Morgan fingerprint density at radius 2 is 1.95 bits per heavy atom. The van der Waals surface area contributed by atoms with Crippen LogP contribution in [0.4, 0.5) is 17.1 Å². The molecule has 3 N–H and O–H groups in total. The molecule has 0 aliphatic heterocycles. The minimum atomic E-state index is -0.400. The molecule has 0 atom stereocenters. The van der Waals surface area contributed by atoms with Gasteiger partial charge in [-0.15, -0.1) is 0 Å². The van der Waals surface area contributed by atoms with E-state index in [9.17, 15) is 10.1 Å². The number of benzene rings is 1. The number of aliphatic hydroxyl groups is 1. The van der Waals surface area contributed by atoms with E-state index in [0.717, 1.165) is 18.5 Å². The number of nitro benzene ring substituents is 1. The molecule has 0 spiro atoms. The smallest absolute Gasteiger partial charge is 0.273 e. The van der Waals surface area contributed by atoms with Crippen molar-refractivity contribution in [3.05, 3.63) is 28.3 Å². The molecule has 1 aromatic carbocycles. The van der Waals surface area contributed by atoms with E-state index in [0.29, 0.717) is 12.2 Å². The van der Waals surface area contributed by atoms with Crippen molar-refractivity contribution in [1.82, 2.24) is 0 Å². The number of nitro groups is 1. The van der Waals surface area contributed by atoms with Crippen LogP contribution in [0.15, 0.2) is 18.2 Å². The fraction of sp³-hybridized carbons (Fsp3) is 0.571. The Morgan fingerprint density at radius 3 is 2.50 bits per heavy atom. The van der Waals surface area contributed by atoms with E-state index >= 15 is 0 Å². The Hall–Kier alpha value is -1.82. The summed E-state index contributed by atoms with van der Waals surface area (Å²) in [6, 6.07) is 4.88. The van der Waals surface area contributed by atoms with E-state index in [1.165, 1.54) is 12.1 Å². The summed E-state index contributed by atoms with van der Waals surface area (Å²) in [5, 5.41) is 25.9. The highest BCUT2D eigenvalue weighted by Gasteiger charge is 2.18. The van der Waals surface area contributed by atoms with E-state index in [1.807, 2.05) is 6.07 Å². The number of hydrogen-bond acceptors (Lipinski definition) is 5. The molecule has 0 heterocycles. The van der Waals surface area contributed by atoms with Crippen LogP contribution in [0.1, 0.15) is 26.7 Å². The number of anilines is 2. The van der Waals surface area contributed by atoms with Gasteiger partial charge in [0.25, 0.3) is 5.69 Å². The number of nitrogens with zero attached hydrogens (tertiary/aromatic N) is 1. The third kappa shape index (κ3) is 5.05. The summed E-state index contributed by atoms with van der Waals surface area (Å²) in [4.78, 5) is 10.5. The summed E-state index contributed by atoms with van der Waals surface area (Å²) >= 11 is 0. The Morgan fingerprint density at radius 1 is 1.30 bits per heavy atom. The molecule has 112 valence electrons. The summed E-state index contributed by atoms with van der Waals surface area (Å²) in [7, 11) is 1.73. The molecule has 20 heavy (non-hydrogen) atoms. The predicted molar refractivity (Wildman–Crippen MR) is 81.2 cm³/mol. The Balaban J connectivity index is 2.76. The normalized spacial score (nSPS) is 11.2. The third-order valence-corrected chi connectivity index (χ3v) is 3.20. The molecule has 0 saturated carbocycles. The van der Waals surface area contributed by atoms with Crippen molar-refractivity contribution in [3.8, 4) is 0 Å². The predicted octanol–water partition coefficient (Wildman–Crippen LogP) is 2.85. The first-order valence-corrected chi connectivity index (χ1v) is 6.70. The highest BCUT2D eigenvalue weighted by Crippen LogP contribution is 2.27. The number of aliphatic hydroxyl groups excluding tert-OH is 1. The first-order chi connectivity index (χ1) is 9.38. The molecule has 1 aromatic rings. The van der Waals surface area contributed by atoms with Crippen LogP contribution in [-0.2, 0) is 0 Å². The molecule has 0 saturated heterocycles. The van der Waals surface area contributed by atoms with E-state index in [2.05, 4.69) is 24.5 Å².